The molecule has 0 fully saturated rings. The molecule has 0 aromatic carbocycles. The highest BCUT2D eigenvalue weighted by molar-refractivity contribution is 7.98. The Kier molecular flexibility index (Phi) is 5.43. The van der Waals surface area contributed by atoms with Gasteiger partial charge in [0, 0.05) is 18.1 Å². The van der Waals surface area contributed by atoms with Crippen molar-refractivity contribution >= 4 is 23.4 Å². The second-order valence-corrected chi connectivity index (χ2v) is 5.50. The number of esters is 1. The van der Waals surface area contributed by atoms with Gasteiger partial charge < -0.3 is 14.9 Å². The van der Waals surface area contributed by atoms with E-state index in [1.807, 2.05) is 35.0 Å². The molecule has 2 aromatic rings. The molecule has 108 valence electrons. The Bertz CT molecular complexity index is 537. The summed E-state index contributed by atoms with van der Waals surface area (Å²) in [5.41, 5.74) is 7.72. The van der Waals surface area contributed by atoms with Crippen LogP contribution in [0.1, 0.15) is 19.0 Å². The molecule has 2 rings (SSSR count). The molecule has 0 radical (unpaired) electrons. The Balaban J connectivity index is 1.74. The van der Waals surface area contributed by atoms with E-state index in [1.165, 1.54) is 0 Å². The summed E-state index contributed by atoms with van der Waals surface area (Å²) < 4.78 is 6.87. The number of carbonyl (C=O) groups excluding carboxylic acids is 1. The van der Waals surface area contributed by atoms with Crippen LogP contribution >= 0.6 is 11.8 Å². The maximum absolute atomic E-state index is 11.4. The first-order chi connectivity index (χ1) is 9.70. The van der Waals surface area contributed by atoms with Gasteiger partial charge >= 0.3 is 5.97 Å². The summed E-state index contributed by atoms with van der Waals surface area (Å²) >= 11 is 1.72. The topological polar surface area (TPSA) is 69.6 Å². The Morgan fingerprint density at radius 3 is 3.15 bits per heavy atom. The van der Waals surface area contributed by atoms with Crippen LogP contribution in [-0.4, -0.2) is 33.8 Å². The minimum absolute atomic E-state index is 0.319. The van der Waals surface area contributed by atoms with Crippen LogP contribution < -0.4 is 5.73 Å². The van der Waals surface area contributed by atoms with Crippen LogP contribution in [0.4, 0.5) is 0 Å². The molecule has 2 aromatic heterocycles. The van der Waals surface area contributed by atoms with E-state index in [2.05, 4.69) is 4.98 Å². The molecule has 1 unspecified atom stereocenters. The zero-order chi connectivity index (χ0) is 14.4. The van der Waals surface area contributed by atoms with Gasteiger partial charge in [0.2, 0.25) is 0 Å². The number of pyridine rings is 1. The molecule has 0 bridgehead atoms. The van der Waals surface area contributed by atoms with Gasteiger partial charge in [-0.2, -0.15) is 11.8 Å². The van der Waals surface area contributed by atoms with Crippen molar-refractivity contribution in [1.29, 1.82) is 0 Å². The Morgan fingerprint density at radius 2 is 2.40 bits per heavy atom. The average molecular weight is 293 g/mol. The van der Waals surface area contributed by atoms with Crippen LogP contribution in [0.3, 0.4) is 0 Å². The van der Waals surface area contributed by atoms with Gasteiger partial charge in [0.05, 0.1) is 12.3 Å². The number of aromatic nitrogens is 2. The van der Waals surface area contributed by atoms with Crippen LogP contribution in [0.25, 0.3) is 5.65 Å². The summed E-state index contributed by atoms with van der Waals surface area (Å²) in [6.07, 6.45) is 4.62. The largest absolute Gasteiger partial charge is 0.465 e. The number of rotatable bonds is 7. The number of hydrogen-bond donors (Lipinski definition) is 1. The van der Waals surface area contributed by atoms with Gasteiger partial charge in [-0.05, 0) is 31.2 Å². The molecule has 0 spiro atoms. The highest BCUT2D eigenvalue weighted by Crippen LogP contribution is 2.14. The van der Waals surface area contributed by atoms with Crippen molar-refractivity contribution < 1.29 is 9.53 Å². The van der Waals surface area contributed by atoms with Crippen molar-refractivity contribution in [2.45, 2.75) is 25.1 Å². The number of thioether (sulfide) groups is 1. The van der Waals surface area contributed by atoms with E-state index in [0.717, 1.165) is 22.8 Å². The molecule has 5 nitrogen and oxygen atoms in total. The first kappa shape index (κ1) is 14.9. The molecule has 0 saturated carbocycles. The van der Waals surface area contributed by atoms with E-state index < -0.39 is 6.04 Å². The molecule has 0 saturated heterocycles. The lowest BCUT2D eigenvalue weighted by Crippen LogP contribution is -2.32. The van der Waals surface area contributed by atoms with Gasteiger partial charge in [0.15, 0.2) is 0 Å². The third-order valence-electron chi connectivity index (χ3n) is 2.83. The first-order valence-corrected chi connectivity index (χ1v) is 7.78. The summed E-state index contributed by atoms with van der Waals surface area (Å²) in [5.74, 6) is 1.31. The Labute approximate surface area is 122 Å². The van der Waals surface area contributed by atoms with Crippen LogP contribution in [0.15, 0.2) is 30.6 Å². The maximum atomic E-state index is 11.4. The van der Waals surface area contributed by atoms with Crippen LogP contribution in [-0.2, 0) is 15.3 Å². The quantitative estimate of drug-likeness (QED) is 0.623. The molecule has 0 aliphatic heterocycles. The molecule has 2 heterocycles. The van der Waals surface area contributed by atoms with Crippen molar-refractivity contribution in [3.8, 4) is 0 Å². The van der Waals surface area contributed by atoms with Crippen LogP contribution in [0.2, 0.25) is 0 Å². The number of ether oxygens (including phenoxy) is 1. The second-order valence-electron chi connectivity index (χ2n) is 4.40. The van der Waals surface area contributed by atoms with Gasteiger partial charge in [-0.1, -0.05) is 6.07 Å². The standard InChI is InChI=1S/C14H19N3O2S/c1-2-19-14(18)12(15)6-8-20-10-11-9-17-7-4-3-5-13(17)16-11/h3-5,7,9,12H,2,6,8,10,15H2,1H3. The van der Waals surface area contributed by atoms with Gasteiger partial charge in [-0.25, -0.2) is 4.98 Å². The monoisotopic (exact) mass is 293 g/mol. The normalized spacial score (nSPS) is 12.5. The summed E-state index contributed by atoms with van der Waals surface area (Å²) in [7, 11) is 0. The SMILES string of the molecule is CCOC(=O)C(N)CCSCc1cn2ccccc2n1. The van der Waals surface area contributed by atoms with Gasteiger partial charge in [-0.3, -0.25) is 4.79 Å². The van der Waals surface area contributed by atoms with Crippen molar-refractivity contribution in [2.75, 3.05) is 12.4 Å². The molecule has 6 heteroatoms. The second kappa shape index (κ2) is 7.31. The van der Waals surface area contributed by atoms with Gasteiger partial charge in [-0.15, -0.1) is 0 Å². The first-order valence-electron chi connectivity index (χ1n) is 6.63. The minimum Gasteiger partial charge on any atom is -0.465 e. The minimum atomic E-state index is -0.525. The van der Waals surface area contributed by atoms with Gasteiger partial charge in [0.25, 0.3) is 0 Å². The zero-order valence-electron chi connectivity index (χ0n) is 11.5. The van der Waals surface area contributed by atoms with Gasteiger partial charge in [0.1, 0.15) is 11.7 Å². The lowest BCUT2D eigenvalue weighted by molar-refractivity contribution is -0.144. The summed E-state index contributed by atoms with van der Waals surface area (Å²) in [5, 5.41) is 0. The summed E-state index contributed by atoms with van der Waals surface area (Å²) in [6.45, 7) is 2.16. The van der Waals surface area contributed by atoms with Crippen molar-refractivity contribution in [1.82, 2.24) is 9.38 Å². The number of hydrogen-bond acceptors (Lipinski definition) is 5. The molecule has 0 amide bonds. The third-order valence-corrected chi connectivity index (χ3v) is 3.85. The highest BCUT2D eigenvalue weighted by Gasteiger charge is 2.13. The molecule has 1 atom stereocenters. The van der Waals surface area contributed by atoms with E-state index in [9.17, 15) is 4.79 Å². The lowest BCUT2D eigenvalue weighted by Gasteiger charge is -2.09. The molecule has 20 heavy (non-hydrogen) atoms. The molecule has 0 aliphatic carbocycles. The number of imidazole rings is 1. The fourth-order valence-corrected chi connectivity index (χ4v) is 2.72. The van der Waals surface area contributed by atoms with E-state index >= 15 is 0 Å². The van der Waals surface area contributed by atoms with E-state index in [1.54, 1.807) is 18.7 Å². The average Bonchev–Trinajstić information content (AvgIpc) is 2.86. The maximum Gasteiger partial charge on any atom is 0.322 e. The van der Waals surface area contributed by atoms with Crippen molar-refractivity contribution in [2.24, 2.45) is 5.73 Å². The number of fused-ring (bicyclic) bond motifs is 1. The van der Waals surface area contributed by atoms with E-state index in [0.29, 0.717) is 13.0 Å². The molecule has 0 aliphatic rings. The predicted octanol–water partition coefficient (Wildman–Crippen LogP) is 1.85. The van der Waals surface area contributed by atoms with Crippen LogP contribution in [0, 0.1) is 0 Å². The number of carbonyl (C=O) groups is 1. The lowest BCUT2D eigenvalue weighted by atomic mass is 10.2. The van der Waals surface area contributed by atoms with Crippen LogP contribution in [0.5, 0.6) is 0 Å². The highest BCUT2D eigenvalue weighted by atomic mass is 32.2. The Hall–Kier alpha value is -1.53. The van der Waals surface area contributed by atoms with E-state index in [-0.39, 0.29) is 5.97 Å². The summed E-state index contributed by atoms with van der Waals surface area (Å²) in [6, 6.07) is 5.40. The number of nitrogens with two attached hydrogens (primary N) is 1. The predicted molar refractivity (Wildman–Crippen MR) is 80.6 cm³/mol. The van der Waals surface area contributed by atoms with Crippen molar-refractivity contribution in [3.63, 3.8) is 0 Å². The molecule has 2 N–H and O–H groups in total. The number of nitrogens with zero attached hydrogens (tertiary/aromatic N) is 2. The van der Waals surface area contributed by atoms with Crippen molar-refractivity contribution in [3.05, 3.63) is 36.3 Å². The summed E-state index contributed by atoms with van der Waals surface area (Å²) in [4.78, 5) is 15.9. The third kappa shape index (κ3) is 3.98. The molecular formula is C14H19N3O2S. The van der Waals surface area contributed by atoms with E-state index in [4.69, 9.17) is 10.5 Å². The fraction of sp³-hybridized carbons (Fsp3) is 0.429. The zero-order valence-corrected chi connectivity index (χ0v) is 12.3. The smallest absolute Gasteiger partial charge is 0.322 e. The fourth-order valence-electron chi connectivity index (χ4n) is 1.81. The molecular weight excluding hydrogens is 274 g/mol. The Morgan fingerprint density at radius 1 is 1.55 bits per heavy atom.